The summed E-state index contributed by atoms with van der Waals surface area (Å²) in [4.78, 5) is 21.4. The molecule has 1 aliphatic heterocycles. The van der Waals surface area contributed by atoms with E-state index in [1.54, 1.807) is 15.6 Å². The van der Waals surface area contributed by atoms with Crippen molar-refractivity contribution in [2.75, 3.05) is 31.2 Å². The zero-order valence-electron chi connectivity index (χ0n) is 23.9. The fraction of sp³-hybridized carbons (Fsp3) is 0.182. The topological polar surface area (TPSA) is 82.2 Å². The fourth-order valence-electron chi connectivity index (χ4n) is 5.26. The molecule has 43 heavy (non-hydrogen) atoms. The first kappa shape index (κ1) is 26.9. The summed E-state index contributed by atoms with van der Waals surface area (Å²) < 4.78 is 16.9. The van der Waals surface area contributed by atoms with Gasteiger partial charge in [0, 0.05) is 36.6 Å². The van der Waals surface area contributed by atoms with E-state index < -0.39 is 0 Å². The second-order valence-electron chi connectivity index (χ2n) is 10.3. The number of hydrogen-bond acceptors (Lipinski definition) is 7. The minimum absolute atomic E-state index is 0.195. The second-order valence-corrected chi connectivity index (χ2v) is 11.2. The molecule has 6 aromatic rings. The van der Waals surface area contributed by atoms with Crippen molar-refractivity contribution < 1.29 is 9.15 Å². The Bertz CT molecular complexity index is 2020. The van der Waals surface area contributed by atoms with Gasteiger partial charge in [0.1, 0.15) is 11.3 Å². The van der Waals surface area contributed by atoms with E-state index in [-0.39, 0.29) is 5.56 Å². The maximum absolute atomic E-state index is 13.6. The van der Waals surface area contributed by atoms with Gasteiger partial charge in [0.15, 0.2) is 11.4 Å². The van der Waals surface area contributed by atoms with Gasteiger partial charge in [-0.15, -0.1) is 11.3 Å². The van der Waals surface area contributed by atoms with Crippen molar-refractivity contribution >= 4 is 39.9 Å². The summed E-state index contributed by atoms with van der Waals surface area (Å²) in [5, 5.41) is 7.83. The molecule has 0 atom stereocenters. The van der Waals surface area contributed by atoms with Crippen LogP contribution in [0.5, 0.6) is 0 Å². The molecular weight excluding hydrogens is 560 g/mol. The van der Waals surface area contributed by atoms with Crippen LogP contribution in [-0.2, 0) is 11.8 Å². The van der Waals surface area contributed by atoms with Gasteiger partial charge in [-0.2, -0.15) is 5.10 Å². The van der Waals surface area contributed by atoms with E-state index in [0.717, 1.165) is 65.6 Å². The first-order chi connectivity index (χ1) is 21.1. The number of rotatable bonds is 6. The molecule has 4 heterocycles. The first-order valence-electron chi connectivity index (χ1n) is 14.1. The summed E-state index contributed by atoms with van der Waals surface area (Å²) >= 11 is 1.41. The lowest BCUT2D eigenvalue weighted by Crippen LogP contribution is -2.36. The lowest BCUT2D eigenvalue weighted by atomic mass is 10.2. The highest BCUT2D eigenvalue weighted by atomic mass is 32.1. The number of morpholine rings is 1. The second kappa shape index (κ2) is 11.4. The molecule has 1 fully saturated rings. The number of hydrogen-bond donors (Lipinski definition) is 0. The van der Waals surface area contributed by atoms with Crippen molar-refractivity contribution in [1.82, 2.24) is 14.0 Å². The van der Waals surface area contributed by atoms with Gasteiger partial charge in [-0.1, -0.05) is 48.5 Å². The van der Waals surface area contributed by atoms with Crippen LogP contribution in [0.1, 0.15) is 11.3 Å². The van der Waals surface area contributed by atoms with Gasteiger partial charge >= 0.3 is 0 Å². The average Bonchev–Trinajstić information content (AvgIpc) is 3.72. The Balaban J connectivity index is 1.32. The molecule has 0 bridgehead atoms. The van der Waals surface area contributed by atoms with Crippen LogP contribution < -0.4 is 15.3 Å². The first-order valence-corrected chi connectivity index (χ1v) is 15.0. The molecule has 1 saturated heterocycles. The van der Waals surface area contributed by atoms with E-state index >= 15 is 0 Å². The number of fused-ring (bicyclic) bond motifs is 1. The molecule has 10 heteroatoms. The molecule has 0 amide bonds. The Kier molecular flexibility index (Phi) is 7.14. The highest BCUT2D eigenvalue weighted by molar-refractivity contribution is 7.07. The highest BCUT2D eigenvalue weighted by Crippen LogP contribution is 2.28. The number of furan rings is 1. The zero-order valence-corrected chi connectivity index (χ0v) is 24.7. The summed E-state index contributed by atoms with van der Waals surface area (Å²) in [6.07, 6.45) is 1.81. The lowest BCUT2D eigenvalue weighted by Gasteiger charge is -2.28. The predicted octanol–water partition coefficient (Wildman–Crippen LogP) is 5.71. The van der Waals surface area contributed by atoms with Crippen LogP contribution in [0.4, 0.5) is 11.4 Å². The van der Waals surface area contributed by atoms with E-state index in [1.807, 2.05) is 84.7 Å². The Morgan fingerprint density at radius 3 is 2.42 bits per heavy atom. The molecule has 7 rings (SSSR count). The summed E-state index contributed by atoms with van der Waals surface area (Å²) in [5.41, 5.74) is 5.35. The summed E-state index contributed by atoms with van der Waals surface area (Å²) in [5.74, 6) is 0.671. The Morgan fingerprint density at radius 2 is 1.65 bits per heavy atom. The Labute approximate surface area is 251 Å². The SMILES string of the molecule is Cc1c(N=c2scc(-c3cc4ccccc4o3)n2N=Cc2ccc(N3CCOCC3)cc2)c(=O)n(-c2ccccc2)n1C. The highest BCUT2D eigenvalue weighted by Gasteiger charge is 2.18. The maximum atomic E-state index is 13.6. The lowest BCUT2D eigenvalue weighted by molar-refractivity contribution is 0.122. The van der Waals surface area contributed by atoms with Crippen LogP contribution in [0.25, 0.3) is 28.1 Å². The van der Waals surface area contributed by atoms with Crippen molar-refractivity contribution in [3.63, 3.8) is 0 Å². The van der Waals surface area contributed by atoms with Gasteiger partial charge in [-0.05, 0) is 48.9 Å². The smallest absolute Gasteiger partial charge is 0.297 e. The molecule has 9 nitrogen and oxygen atoms in total. The number of nitrogens with zero attached hydrogens (tertiary/aromatic N) is 6. The van der Waals surface area contributed by atoms with E-state index in [2.05, 4.69) is 29.2 Å². The number of thiazole rings is 1. The molecule has 0 aliphatic carbocycles. The molecule has 1 aliphatic rings. The zero-order chi connectivity index (χ0) is 29.3. The molecule has 0 N–H and O–H groups in total. The molecule has 3 aromatic carbocycles. The number of aromatic nitrogens is 3. The number of anilines is 1. The molecule has 0 radical (unpaired) electrons. The van der Waals surface area contributed by atoms with Crippen LogP contribution in [-0.4, -0.2) is 46.6 Å². The summed E-state index contributed by atoms with van der Waals surface area (Å²) in [7, 11) is 1.86. The largest absolute Gasteiger partial charge is 0.454 e. The monoisotopic (exact) mass is 590 g/mol. The van der Waals surface area contributed by atoms with Gasteiger partial charge < -0.3 is 14.1 Å². The number of benzene rings is 3. The third-order valence-corrected chi connectivity index (χ3v) is 8.50. The minimum atomic E-state index is -0.195. The normalized spacial score (nSPS) is 14.4. The summed E-state index contributed by atoms with van der Waals surface area (Å²) in [6.45, 7) is 5.15. The van der Waals surface area contributed by atoms with Crippen LogP contribution in [0.15, 0.2) is 110 Å². The van der Waals surface area contributed by atoms with Gasteiger partial charge in [0.2, 0.25) is 4.80 Å². The molecule has 0 saturated carbocycles. The van der Waals surface area contributed by atoms with Crippen molar-refractivity contribution in [2.45, 2.75) is 6.92 Å². The van der Waals surface area contributed by atoms with Gasteiger partial charge in [-0.3, -0.25) is 9.48 Å². The van der Waals surface area contributed by atoms with Crippen LogP contribution in [0, 0.1) is 6.92 Å². The van der Waals surface area contributed by atoms with Crippen molar-refractivity contribution in [3.8, 4) is 17.1 Å². The molecule has 0 unspecified atom stereocenters. The molecule has 3 aromatic heterocycles. The van der Waals surface area contributed by atoms with Crippen LogP contribution >= 0.6 is 11.3 Å². The van der Waals surface area contributed by atoms with Gasteiger partial charge in [0.05, 0.1) is 30.8 Å². The third kappa shape index (κ3) is 5.15. The molecule has 0 spiro atoms. The van der Waals surface area contributed by atoms with Crippen molar-refractivity contribution in [3.05, 3.63) is 117 Å². The molecule has 216 valence electrons. The third-order valence-electron chi connectivity index (χ3n) is 7.69. The quantitative estimate of drug-likeness (QED) is 0.233. The van der Waals surface area contributed by atoms with E-state index in [9.17, 15) is 4.79 Å². The Morgan fingerprint density at radius 1 is 0.907 bits per heavy atom. The average molecular weight is 591 g/mol. The van der Waals surface area contributed by atoms with Crippen LogP contribution in [0.2, 0.25) is 0 Å². The van der Waals surface area contributed by atoms with Gasteiger partial charge in [-0.25, -0.2) is 14.4 Å². The van der Waals surface area contributed by atoms with E-state index in [4.69, 9.17) is 19.2 Å². The maximum Gasteiger partial charge on any atom is 0.297 e. The number of ether oxygens (including phenoxy) is 1. The summed E-state index contributed by atoms with van der Waals surface area (Å²) in [6, 6.07) is 27.8. The van der Waals surface area contributed by atoms with E-state index in [0.29, 0.717) is 16.2 Å². The fourth-order valence-corrected chi connectivity index (χ4v) is 6.09. The number of para-hydroxylation sites is 2. The predicted molar refractivity (Wildman–Crippen MR) is 171 cm³/mol. The van der Waals surface area contributed by atoms with Crippen molar-refractivity contribution in [1.29, 1.82) is 0 Å². The van der Waals surface area contributed by atoms with Crippen molar-refractivity contribution in [2.24, 2.45) is 17.1 Å². The minimum Gasteiger partial charge on any atom is -0.454 e. The van der Waals surface area contributed by atoms with E-state index in [1.165, 1.54) is 11.3 Å². The Hall–Kier alpha value is -4.93. The van der Waals surface area contributed by atoms with Crippen LogP contribution in [0.3, 0.4) is 0 Å². The van der Waals surface area contributed by atoms with Gasteiger partial charge in [0.25, 0.3) is 5.56 Å². The molecular formula is C33H30N6O3S. The standard InChI is InChI=1S/C33H30N6O3S/c1-23-31(32(40)39(36(23)2)27-9-4-3-5-10-27)35-33-38(28(22-43-33)30-20-25-8-6-7-11-29(25)42-30)34-21-24-12-14-26(15-13-24)37-16-18-41-19-17-37/h3-15,20-22H,16-19H2,1-2H3.